The van der Waals surface area contributed by atoms with Gasteiger partial charge >= 0.3 is 5.97 Å². The Hall–Kier alpha value is -1.33. The highest BCUT2D eigenvalue weighted by molar-refractivity contribution is 5.72. The Morgan fingerprint density at radius 1 is 1.35 bits per heavy atom. The van der Waals surface area contributed by atoms with Crippen molar-refractivity contribution in [3.05, 3.63) is 24.4 Å². The van der Waals surface area contributed by atoms with Gasteiger partial charge in [-0.05, 0) is 38.1 Å². The van der Waals surface area contributed by atoms with E-state index in [4.69, 9.17) is 16.6 Å². The third-order valence-corrected chi connectivity index (χ3v) is 2.97. The number of allylic oxidation sites excluding steroid dienone is 2. The van der Waals surface area contributed by atoms with E-state index < -0.39 is 12.0 Å². The van der Waals surface area contributed by atoms with Crippen LogP contribution in [0.3, 0.4) is 0 Å². The summed E-state index contributed by atoms with van der Waals surface area (Å²) in [6, 6.07) is -0.716. The fraction of sp³-hybridized carbons (Fsp3) is 0.667. The van der Waals surface area contributed by atoms with Gasteiger partial charge < -0.3 is 21.5 Å². The van der Waals surface area contributed by atoms with Crippen molar-refractivity contribution in [1.82, 2.24) is 4.90 Å². The molecule has 1 aliphatic rings. The van der Waals surface area contributed by atoms with Crippen LogP contribution in [-0.2, 0) is 4.79 Å². The Balaban J connectivity index is 0.000000361. The average Bonchev–Trinajstić information content (AvgIpc) is 2.47. The summed E-state index contributed by atoms with van der Waals surface area (Å²) < 4.78 is 0. The summed E-state index contributed by atoms with van der Waals surface area (Å²) in [5.41, 5.74) is 10.4. The third kappa shape index (κ3) is 10.6. The lowest BCUT2D eigenvalue weighted by molar-refractivity contribution is -0.138. The molecule has 0 spiro atoms. The first kappa shape index (κ1) is 18.7. The van der Waals surface area contributed by atoms with Crippen molar-refractivity contribution in [2.75, 3.05) is 19.6 Å². The highest BCUT2D eigenvalue weighted by Gasteiger charge is 2.09. The summed E-state index contributed by atoms with van der Waals surface area (Å²) in [6.45, 7) is 5.13. The molecule has 20 heavy (non-hydrogen) atoms. The SMILES string of the molecule is CCCCN1C=CC=CC1.NCCCCC(N)C(=O)O. The van der Waals surface area contributed by atoms with Gasteiger partial charge in [-0.25, -0.2) is 0 Å². The van der Waals surface area contributed by atoms with Gasteiger partial charge in [0.2, 0.25) is 0 Å². The molecule has 0 saturated heterocycles. The minimum absolute atomic E-state index is 0.520. The lowest BCUT2D eigenvalue weighted by atomic mass is 10.1. The van der Waals surface area contributed by atoms with Crippen molar-refractivity contribution >= 4 is 5.97 Å². The van der Waals surface area contributed by atoms with Gasteiger partial charge in [0.25, 0.3) is 0 Å². The predicted molar refractivity (Wildman–Crippen MR) is 83.3 cm³/mol. The fourth-order valence-corrected chi connectivity index (χ4v) is 1.67. The van der Waals surface area contributed by atoms with Crippen LogP contribution in [0.1, 0.15) is 39.0 Å². The number of rotatable bonds is 8. The van der Waals surface area contributed by atoms with Crippen molar-refractivity contribution in [3.8, 4) is 0 Å². The van der Waals surface area contributed by atoms with Gasteiger partial charge in [0.15, 0.2) is 0 Å². The van der Waals surface area contributed by atoms with Crippen LogP contribution < -0.4 is 11.5 Å². The van der Waals surface area contributed by atoms with E-state index in [1.165, 1.54) is 19.4 Å². The van der Waals surface area contributed by atoms with Crippen LogP contribution in [0.2, 0.25) is 0 Å². The van der Waals surface area contributed by atoms with E-state index in [9.17, 15) is 4.79 Å². The Bertz CT molecular complexity index is 303. The molecule has 0 aromatic carbocycles. The zero-order chi connectivity index (χ0) is 15.2. The van der Waals surface area contributed by atoms with Crippen molar-refractivity contribution in [1.29, 1.82) is 0 Å². The highest BCUT2D eigenvalue weighted by atomic mass is 16.4. The normalized spacial score (nSPS) is 14.7. The Morgan fingerprint density at radius 3 is 2.60 bits per heavy atom. The maximum Gasteiger partial charge on any atom is 0.320 e. The van der Waals surface area contributed by atoms with E-state index in [2.05, 4.69) is 36.3 Å². The monoisotopic (exact) mass is 283 g/mol. The zero-order valence-electron chi connectivity index (χ0n) is 12.5. The molecule has 0 radical (unpaired) electrons. The van der Waals surface area contributed by atoms with E-state index >= 15 is 0 Å². The molecule has 5 N–H and O–H groups in total. The van der Waals surface area contributed by atoms with Crippen LogP contribution in [0.15, 0.2) is 24.4 Å². The Labute approximate surface area is 122 Å². The van der Waals surface area contributed by atoms with Gasteiger partial charge in [0, 0.05) is 13.1 Å². The van der Waals surface area contributed by atoms with Crippen LogP contribution in [-0.4, -0.2) is 41.7 Å². The number of hydrogen-bond donors (Lipinski definition) is 3. The molecule has 5 heteroatoms. The molecule has 116 valence electrons. The second-order valence-electron chi connectivity index (χ2n) is 4.85. The number of carbonyl (C=O) groups is 1. The van der Waals surface area contributed by atoms with Gasteiger partial charge in [-0.1, -0.05) is 31.9 Å². The third-order valence-electron chi connectivity index (χ3n) is 2.97. The van der Waals surface area contributed by atoms with Crippen molar-refractivity contribution < 1.29 is 9.90 Å². The summed E-state index contributed by atoms with van der Waals surface area (Å²) in [6.07, 6.45) is 13.3. The molecule has 0 fully saturated rings. The molecule has 1 heterocycles. The molecule has 0 aromatic rings. The van der Waals surface area contributed by atoms with Gasteiger partial charge in [-0.15, -0.1) is 0 Å². The smallest absolute Gasteiger partial charge is 0.320 e. The summed E-state index contributed by atoms with van der Waals surface area (Å²) in [4.78, 5) is 12.5. The van der Waals surface area contributed by atoms with Gasteiger partial charge in [-0.3, -0.25) is 4.79 Å². The highest BCUT2D eigenvalue weighted by Crippen LogP contribution is 2.00. The summed E-state index contributed by atoms with van der Waals surface area (Å²) in [7, 11) is 0. The first-order valence-corrected chi connectivity index (χ1v) is 7.37. The van der Waals surface area contributed by atoms with E-state index in [0.717, 1.165) is 19.4 Å². The van der Waals surface area contributed by atoms with Gasteiger partial charge in [0.05, 0.1) is 0 Å². The largest absolute Gasteiger partial charge is 0.480 e. The van der Waals surface area contributed by atoms with E-state index in [0.29, 0.717) is 13.0 Å². The molecule has 1 atom stereocenters. The minimum atomic E-state index is -0.933. The lowest BCUT2D eigenvalue weighted by Crippen LogP contribution is -2.29. The fourth-order valence-electron chi connectivity index (χ4n) is 1.67. The van der Waals surface area contributed by atoms with Crippen LogP contribution in [0, 0.1) is 0 Å². The number of nitrogens with two attached hydrogens (primary N) is 2. The van der Waals surface area contributed by atoms with Crippen LogP contribution >= 0.6 is 0 Å². The summed E-state index contributed by atoms with van der Waals surface area (Å²) in [5, 5.41) is 8.33. The Kier molecular flexibility index (Phi) is 11.8. The van der Waals surface area contributed by atoms with E-state index in [1.807, 2.05) is 0 Å². The molecule has 0 amide bonds. The standard InChI is InChI=1S/C9H15N.C6H14N2O2/c1-2-3-7-10-8-5-4-6-9-10;7-4-2-1-3-5(8)6(9)10/h4-6,8H,2-3,7,9H2,1H3;5H,1-4,7-8H2,(H,9,10). The maximum absolute atomic E-state index is 10.1. The zero-order valence-corrected chi connectivity index (χ0v) is 12.5. The molecule has 1 unspecified atom stereocenters. The quantitative estimate of drug-likeness (QED) is 0.590. The van der Waals surface area contributed by atoms with Crippen LogP contribution in [0.5, 0.6) is 0 Å². The molecule has 0 saturated carbocycles. The minimum Gasteiger partial charge on any atom is -0.480 e. The number of aliphatic carboxylic acids is 1. The maximum atomic E-state index is 10.1. The molecule has 0 aliphatic carbocycles. The first-order chi connectivity index (χ1) is 9.61. The predicted octanol–water partition coefficient (Wildman–Crippen LogP) is 1.70. The Morgan fingerprint density at radius 2 is 2.10 bits per heavy atom. The lowest BCUT2D eigenvalue weighted by Gasteiger charge is -2.19. The number of hydrogen-bond acceptors (Lipinski definition) is 4. The topological polar surface area (TPSA) is 92.6 Å². The average molecular weight is 283 g/mol. The summed E-state index contributed by atoms with van der Waals surface area (Å²) in [5.74, 6) is -0.933. The molecule has 0 bridgehead atoms. The molecule has 1 rings (SSSR count). The second-order valence-corrected chi connectivity index (χ2v) is 4.85. The van der Waals surface area contributed by atoms with Gasteiger partial charge in [0.1, 0.15) is 6.04 Å². The van der Waals surface area contributed by atoms with Gasteiger partial charge in [-0.2, -0.15) is 0 Å². The molecular weight excluding hydrogens is 254 g/mol. The van der Waals surface area contributed by atoms with Crippen molar-refractivity contribution in [2.24, 2.45) is 11.5 Å². The van der Waals surface area contributed by atoms with E-state index in [1.54, 1.807) is 0 Å². The van der Waals surface area contributed by atoms with Crippen LogP contribution in [0.25, 0.3) is 0 Å². The molecular formula is C15H29N3O2. The molecule has 0 aromatic heterocycles. The molecule has 1 aliphatic heterocycles. The first-order valence-electron chi connectivity index (χ1n) is 7.37. The number of carboxylic acids is 1. The summed E-state index contributed by atoms with van der Waals surface area (Å²) >= 11 is 0. The second kappa shape index (κ2) is 12.7. The van der Waals surface area contributed by atoms with Crippen molar-refractivity contribution in [2.45, 2.75) is 45.1 Å². The number of carboxylic acid groups (broad SMARTS) is 1. The van der Waals surface area contributed by atoms with Crippen LogP contribution in [0.4, 0.5) is 0 Å². The number of nitrogens with zero attached hydrogens (tertiary/aromatic N) is 1. The van der Waals surface area contributed by atoms with E-state index in [-0.39, 0.29) is 0 Å². The molecule has 5 nitrogen and oxygen atoms in total. The number of unbranched alkanes of at least 4 members (excludes halogenated alkanes) is 2. The van der Waals surface area contributed by atoms with Crippen molar-refractivity contribution in [3.63, 3.8) is 0 Å².